The third-order valence-corrected chi connectivity index (χ3v) is 10.0. The van der Waals surface area contributed by atoms with Gasteiger partial charge in [-0.25, -0.2) is 9.79 Å². The van der Waals surface area contributed by atoms with E-state index in [1.807, 2.05) is 56.9 Å². The van der Waals surface area contributed by atoms with E-state index in [9.17, 15) is 24.6 Å². The molecule has 1 amide bonds. The highest BCUT2D eigenvalue weighted by atomic mass is 16.6. The molecule has 1 heterocycles. The predicted octanol–water partition coefficient (Wildman–Crippen LogP) is 6.40. The van der Waals surface area contributed by atoms with E-state index in [4.69, 9.17) is 9.47 Å². The number of hydrogen-bond acceptors (Lipinski definition) is 9. The summed E-state index contributed by atoms with van der Waals surface area (Å²) in [6.45, 7) is 17.5. The number of carbonyl (C=O) groups excluding carboxylic acids is 3. The van der Waals surface area contributed by atoms with Crippen molar-refractivity contribution >= 4 is 34.6 Å². The number of Topliss-reactive ketones (excluding diaryl/α,β-unsaturated/α-hetero) is 1. The molecule has 1 atom stereocenters. The number of aliphatic hydroxyl groups is 1. The Kier molecular flexibility index (Phi) is 10.4. The number of hydrogen-bond donors (Lipinski definition) is 2. The van der Waals surface area contributed by atoms with E-state index in [0.29, 0.717) is 48.5 Å². The van der Waals surface area contributed by atoms with Crippen molar-refractivity contribution in [2.45, 2.75) is 73.8 Å². The number of likely N-dealkylation sites (N-methyl/N-ethyl adjacent to an activating group) is 1. The Bertz CT molecular complexity index is 1890. The Morgan fingerprint density at radius 2 is 1.60 bits per heavy atom. The summed E-state index contributed by atoms with van der Waals surface area (Å²) in [5, 5.41) is 21.6. The molecular weight excluding hydrogens is 634 g/mol. The van der Waals surface area contributed by atoms with Crippen LogP contribution < -0.4 is 9.64 Å². The average Bonchev–Trinajstić information content (AvgIpc) is 3.10. The van der Waals surface area contributed by atoms with Gasteiger partial charge in [0.05, 0.1) is 23.4 Å². The number of allylic oxidation sites excluding steroid dienone is 6. The van der Waals surface area contributed by atoms with Gasteiger partial charge >= 0.3 is 5.97 Å². The normalized spacial score (nSPS) is 20.6. The SMILES string of the molecule is CCN(CCOC(=O)C1(C)CCc2c(C)c(O)c(C)c(C)c2O1)C1=CC(=NC(C)=O)/C(=C2/C(=O)C(c3ccc(N(CC)CC)cc3)=C2O)C=C1. The molecule has 1 aliphatic heterocycles. The summed E-state index contributed by atoms with van der Waals surface area (Å²) in [7, 11) is 0. The molecule has 1 unspecified atom stereocenters. The summed E-state index contributed by atoms with van der Waals surface area (Å²) in [5.74, 6) is -0.466. The summed E-state index contributed by atoms with van der Waals surface area (Å²) >= 11 is 0. The lowest BCUT2D eigenvalue weighted by Gasteiger charge is -2.36. The van der Waals surface area contributed by atoms with Crippen LogP contribution in [0.1, 0.15) is 68.9 Å². The molecule has 0 radical (unpaired) electrons. The molecule has 2 N–H and O–H groups in total. The molecule has 0 bridgehead atoms. The molecule has 10 heteroatoms. The maximum Gasteiger partial charge on any atom is 0.350 e. The van der Waals surface area contributed by atoms with Crippen LogP contribution in [0.5, 0.6) is 11.5 Å². The second-order valence-corrected chi connectivity index (χ2v) is 13.1. The lowest BCUT2D eigenvalue weighted by atomic mass is 9.79. The third kappa shape index (κ3) is 6.58. The molecule has 2 aliphatic carbocycles. The fourth-order valence-electron chi connectivity index (χ4n) is 6.80. The van der Waals surface area contributed by atoms with Gasteiger partial charge in [-0.05, 0) is 108 Å². The van der Waals surface area contributed by atoms with Gasteiger partial charge in [0.2, 0.25) is 17.3 Å². The summed E-state index contributed by atoms with van der Waals surface area (Å²) in [6, 6.07) is 7.54. The van der Waals surface area contributed by atoms with Crippen molar-refractivity contribution in [3.8, 4) is 11.5 Å². The van der Waals surface area contributed by atoms with Gasteiger partial charge in [0.25, 0.3) is 0 Å². The van der Waals surface area contributed by atoms with E-state index in [2.05, 4.69) is 23.7 Å². The number of carbonyl (C=O) groups is 3. The molecule has 10 nitrogen and oxygen atoms in total. The minimum absolute atomic E-state index is 0.0852. The first-order chi connectivity index (χ1) is 23.8. The first-order valence-electron chi connectivity index (χ1n) is 17.3. The van der Waals surface area contributed by atoms with E-state index in [1.54, 1.807) is 25.2 Å². The number of aromatic hydroxyl groups is 1. The van der Waals surface area contributed by atoms with Crippen molar-refractivity contribution in [1.82, 2.24) is 4.90 Å². The summed E-state index contributed by atoms with van der Waals surface area (Å²) < 4.78 is 12.0. The topological polar surface area (TPSA) is 129 Å². The van der Waals surface area contributed by atoms with Crippen LogP contribution >= 0.6 is 0 Å². The number of phenols is 1. The molecule has 0 saturated heterocycles. The first kappa shape index (κ1) is 36.2. The van der Waals surface area contributed by atoms with Gasteiger partial charge in [0.1, 0.15) is 23.9 Å². The van der Waals surface area contributed by atoms with Crippen molar-refractivity contribution in [3.63, 3.8) is 0 Å². The van der Waals surface area contributed by atoms with Crippen LogP contribution in [0.4, 0.5) is 5.69 Å². The molecule has 2 aromatic rings. The van der Waals surface area contributed by atoms with Gasteiger partial charge in [-0.3, -0.25) is 9.59 Å². The predicted molar refractivity (Wildman–Crippen MR) is 195 cm³/mol. The number of fused-ring (bicyclic) bond motifs is 1. The largest absolute Gasteiger partial charge is 0.507 e. The molecule has 264 valence electrons. The average molecular weight is 682 g/mol. The fraction of sp³-hybridized carbons (Fsp3) is 0.400. The van der Waals surface area contributed by atoms with Crippen LogP contribution in [-0.2, 0) is 25.5 Å². The van der Waals surface area contributed by atoms with Crippen LogP contribution in [0, 0.1) is 20.8 Å². The zero-order valence-corrected chi connectivity index (χ0v) is 30.3. The number of amides is 1. The Morgan fingerprint density at radius 3 is 2.20 bits per heavy atom. The fourth-order valence-corrected chi connectivity index (χ4v) is 6.80. The quantitative estimate of drug-likeness (QED) is 0.216. The standard InChI is InChI=1S/C40H47N3O7/c1-9-42(10-2)28-14-12-27(13-15-28)33-36(46)34(37(33)47)31-17-16-29(22-32(31)41-26(7)44)43(11-3)20-21-49-39(48)40(8)19-18-30-25(6)35(45)23(4)24(5)38(30)50-40/h12-17,22,45-46H,9-11,18-21H2,1-8H3/b34-31+,41-32?. The van der Waals surface area contributed by atoms with Crippen LogP contribution in [0.25, 0.3) is 5.57 Å². The van der Waals surface area contributed by atoms with Gasteiger partial charge in [-0.1, -0.05) is 12.1 Å². The smallest absolute Gasteiger partial charge is 0.350 e. The second-order valence-electron chi connectivity index (χ2n) is 13.1. The minimum Gasteiger partial charge on any atom is -0.507 e. The van der Waals surface area contributed by atoms with Crippen molar-refractivity contribution in [2.24, 2.45) is 4.99 Å². The van der Waals surface area contributed by atoms with E-state index in [0.717, 1.165) is 41.0 Å². The summed E-state index contributed by atoms with van der Waals surface area (Å²) in [6.07, 6.45) is 6.19. The summed E-state index contributed by atoms with van der Waals surface area (Å²) in [4.78, 5) is 47.3. The molecule has 2 aromatic carbocycles. The third-order valence-electron chi connectivity index (χ3n) is 10.0. The number of ketones is 1. The number of aliphatic imine (C=N–C) groups is 1. The molecule has 50 heavy (non-hydrogen) atoms. The van der Waals surface area contributed by atoms with Gasteiger partial charge in [0.15, 0.2) is 0 Å². The second kappa shape index (κ2) is 14.4. The minimum atomic E-state index is -1.17. The molecule has 0 fully saturated rings. The van der Waals surface area contributed by atoms with E-state index < -0.39 is 17.5 Å². The van der Waals surface area contributed by atoms with Crippen LogP contribution in [-0.4, -0.2) is 76.9 Å². The number of esters is 1. The maximum absolute atomic E-state index is 13.4. The lowest BCUT2D eigenvalue weighted by Crippen LogP contribution is -2.46. The zero-order valence-electron chi connectivity index (χ0n) is 30.3. The zero-order chi connectivity index (χ0) is 36.5. The number of phenolic OH excluding ortho intramolecular Hbond substituents is 1. The van der Waals surface area contributed by atoms with Crippen LogP contribution in [0.15, 0.2) is 70.1 Å². The highest BCUT2D eigenvalue weighted by Gasteiger charge is 2.42. The van der Waals surface area contributed by atoms with Gasteiger partial charge < -0.3 is 29.5 Å². The Hall–Kier alpha value is -5.12. The Morgan fingerprint density at radius 1 is 0.940 bits per heavy atom. The number of benzene rings is 2. The number of nitrogens with zero attached hydrogens (tertiary/aromatic N) is 3. The number of aliphatic hydroxyl groups excluding tert-OH is 1. The highest BCUT2D eigenvalue weighted by Crippen LogP contribution is 2.44. The van der Waals surface area contributed by atoms with E-state index >= 15 is 0 Å². The van der Waals surface area contributed by atoms with Crippen molar-refractivity contribution in [3.05, 3.63) is 92.9 Å². The molecular formula is C40H47N3O7. The number of rotatable bonds is 10. The van der Waals surface area contributed by atoms with Gasteiger partial charge in [0, 0.05) is 55.5 Å². The molecule has 0 spiro atoms. The Labute approximate surface area is 294 Å². The lowest BCUT2D eigenvalue weighted by molar-refractivity contribution is -0.162. The number of ether oxygens (including phenoxy) is 2. The molecule has 0 aromatic heterocycles. The molecule has 5 rings (SSSR count). The summed E-state index contributed by atoms with van der Waals surface area (Å²) in [5.41, 5.74) is 5.41. The Balaban J connectivity index is 1.30. The van der Waals surface area contributed by atoms with Crippen LogP contribution in [0.3, 0.4) is 0 Å². The first-order valence-corrected chi connectivity index (χ1v) is 17.3. The van der Waals surface area contributed by atoms with E-state index in [-0.39, 0.29) is 40.8 Å². The molecule has 0 saturated carbocycles. The maximum atomic E-state index is 13.4. The highest BCUT2D eigenvalue weighted by molar-refractivity contribution is 6.41. The monoisotopic (exact) mass is 681 g/mol. The van der Waals surface area contributed by atoms with Crippen molar-refractivity contribution in [1.29, 1.82) is 0 Å². The van der Waals surface area contributed by atoms with Gasteiger partial charge in [-0.15, -0.1) is 0 Å². The molecule has 3 aliphatic rings. The van der Waals surface area contributed by atoms with Crippen molar-refractivity contribution in [2.75, 3.05) is 37.7 Å². The van der Waals surface area contributed by atoms with Gasteiger partial charge in [-0.2, -0.15) is 0 Å². The van der Waals surface area contributed by atoms with E-state index in [1.165, 1.54) is 6.92 Å². The number of anilines is 1. The van der Waals surface area contributed by atoms with Crippen LogP contribution in [0.2, 0.25) is 0 Å². The van der Waals surface area contributed by atoms with Crippen molar-refractivity contribution < 1.29 is 34.1 Å².